The third kappa shape index (κ3) is 4.77. The summed E-state index contributed by atoms with van der Waals surface area (Å²) in [4.78, 5) is 12.0. The van der Waals surface area contributed by atoms with E-state index in [9.17, 15) is 4.79 Å². The lowest BCUT2D eigenvalue weighted by molar-refractivity contribution is -0.123. The van der Waals surface area contributed by atoms with E-state index in [1.807, 2.05) is 6.92 Å². The lowest BCUT2D eigenvalue weighted by Crippen LogP contribution is -2.53. The van der Waals surface area contributed by atoms with Crippen molar-refractivity contribution in [1.82, 2.24) is 5.32 Å². The fourth-order valence-corrected chi connectivity index (χ4v) is 2.89. The average Bonchev–Trinajstić information content (AvgIpc) is 3.30. The molecule has 3 N–H and O–H groups in total. The van der Waals surface area contributed by atoms with E-state index in [0.717, 1.165) is 12.8 Å². The molecule has 0 aromatic heterocycles. The van der Waals surface area contributed by atoms with Crippen LogP contribution in [0, 0.1) is 5.92 Å². The molecule has 0 spiro atoms. The van der Waals surface area contributed by atoms with Gasteiger partial charge in [0, 0.05) is 18.0 Å². The summed E-state index contributed by atoms with van der Waals surface area (Å²) in [6.45, 7) is 2.92. The molecule has 122 valence electrons. The van der Waals surface area contributed by atoms with Gasteiger partial charge < -0.3 is 15.8 Å². The molecule has 4 nitrogen and oxygen atoms in total. The molecule has 0 radical (unpaired) electrons. The fourth-order valence-electron chi connectivity index (χ4n) is 2.43. The van der Waals surface area contributed by atoms with Gasteiger partial charge in [0.2, 0.25) is 5.91 Å². The molecular formula is C16H22Cl2N2O2. The second-order valence-corrected chi connectivity index (χ2v) is 6.81. The molecule has 1 aromatic rings. The zero-order chi connectivity index (χ0) is 16.2. The molecule has 1 aliphatic carbocycles. The number of carbonyl (C=O) groups is 1. The number of ether oxygens (including phenoxy) is 1. The highest BCUT2D eigenvalue weighted by atomic mass is 35.5. The molecule has 2 rings (SSSR count). The van der Waals surface area contributed by atoms with Crippen molar-refractivity contribution < 1.29 is 9.53 Å². The highest BCUT2D eigenvalue weighted by Crippen LogP contribution is 2.39. The number of rotatable bonds is 8. The summed E-state index contributed by atoms with van der Waals surface area (Å²) in [7, 11) is 0. The number of hydrogen-bond donors (Lipinski definition) is 2. The summed E-state index contributed by atoms with van der Waals surface area (Å²) in [6.07, 6.45) is 3.32. The van der Waals surface area contributed by atoms with Crippen LogP contribution in [0.4, 0.5) is 0 Å². The van der Waals surface area contributed by atoms with Crippen molar-refractivity contribution >= 4 is 29.1 Å². The number of nitrogens with two attached hydrogens (primary N) is 1. The third-order valence-electron chi connectivity index (χ3n) is 4.03. The van der Waals surface area contributed by atoms with Crippen LogP contribution in [0.5, 0.6) is 5.75 Å². The molecule has 22 heavy (non-hydrogen) atoms. The zero-order valence-corrected chi connectivity index (χ0v) is 14.2. The number of benzene rings is 1. The first-order valence-corrected chi connectivity index (χ1v) is 8.29. The van der Waals surface area contributed by atoms with Crippen LogP contribution in [0.1, 0.15) is 32.6 Å². The molecular weight excluding hydrogens is 323 g/mol. The monoisotopic (exact) mass is 344 g/mol. The van der Waals surface area contributed by atoms with Crippen molar-refractivity contribution in [3.8, 4) is 5.75 Å². The van der Waals surface area contributed by atoms with Crippen LogP contribution in [-0.2, 0) is 4.79 Å². The Hall–Kier alpha value is -0.970. The van der Waals surface area contributed by atoms with Crippen molar-refractivity contribution in [3.05, 3.63) is 28.2 Å². The molecule has 1 atom stereocenters. The van der Waals surface area contributed by atoms with Gasteiger partial charge in [0.05, 0.1) is 17.2 Å². The average molecular weight is 345 g/mol. The van der Waals surface area contributed by atoms with E-state index in [0.29, 0.717) is 47.7 Å². The minimum absolute atomic E-state index is 0.0191. The Labute approximate surface area is 141 Å². The molecule has 0 bridgehead atoms. The van der Waals surface area contributed by atoms with Gasteiger partial charge in [-0.1, -0.05) is 23.2 Å². The van der Waals surface area contributed by atoms with Gasteiger partial charge in [0.1, 0.15) is 5.75 Å². The molecule has 1 amide bonds. The molecule has 1 saturated carbocycles. The summed E-state index contributed by atoms with van der Waals surface area (Å²) >= 11 is 11.8. The highest BCUT2D eigenvalue weighted by Gasteiger charge is 2.41. The van der Waals surface area contributed by atoms with E-state index in [1.165, 1.54) is 0 Å². The Balaban J connectivity index is 1.71. The minimum atomic E-state index is -0.266. The Bertz CT molecular complexity index is 535. The number of hydrogen-bond acceptors (Lipinski definition) is 3. The maximum atomic E-state index is 12.0. The molecule has 1 fully saturated rings. The molecule has 0 aliphatic heterocycles. The van der Waals surface area contributed by atoms with E-state index in [-0.39, 0.29) is 11.4 Å². The normalized spacial score (nSPS) is 16.9. The third-order valence-corrected chi connectivity index (χ3v) is 4.56. The van der Waals surface area contributed by atoms with Gasteiger partial charge in [-0.25, -0.2) is 0 Å². The largest absolute Gasteiger partial charge is 0.492 e. The van der Waals surface area contributed by atoms with Gasteiger partial charge in [0.15, 0.2) is 0 Å². The maximum Gasteiger partial charge on any atom is 0.220 e. The van der Waals surface area contributed by atoms with Crippen molar-refractivity contribution in [2.75, 3.05) is 13.2 Å². The maximum absolute atomic E-state index is 12.0. The SMILES string of the molecule is CC(CN)(NC(=O)CCCOc1ccc(Cl)cc1Cl)C1CC1. The lowest BCUT2D eigenvalue weighted by atomic mass is 9.95. The van der Waals surface area contributed by atoms with Gasteiger partial charge in [-0.05, 0) is 50.3 Å². The summed E-state index contributed by atoms with van der Waals surface area (Å²) in [5, 5.41) is 4.10. The number of carbonyl (C=O) groups excluding carboxylic acids is 1. The number of nitrogens with one attached hydrogen (secondary N) is 1. The van der Waals surface area contributed by atoms with Crippen LogP contribution < -0.4 is 15.8 Å². The first-order chi connectivity index (χ1) is 10.4. The van der Waals surface area contributed by atoms with Gasteiger partial charge in [-0.2, -0.15) is 0 Å². The smallest absolute Gasteiger partial charge is 0.220 e. The molecule has 0 heterocycles. The molecule has 6 heteroatoms. The fraction of sp³-hybridized carbons (Fsp3) is 0.562. The zero-order valence-electron chi connectivity index (χ0n) is 12.7. The molecule has 1 aromatic carbocycles. The Morgan fingerprint density at radius 3 is 2.77 bits per heavy atom. The van der Waals surface area contributed by atoms with Gasteiger partial charge >= 0.3 is 0 Å². The Kier molecular flexibility index (Phi) is 5.95. The van der Waals surface area contributed by atoms with Gasteiger partial charge in [-0.15, -0.1) is 0 Å². The highest BCUT2D eigenvalue weighted by molar-refractivity contribution is 6.35. The van der Waals surface area contributed by atoms with Crippen LogP contribution in [0.15, 0.2) is 18.2 Å². The second-order valence-electron chi connectivity index (χ2n) is 5.97. The van der Waals surface area contributed by atoms with Gasteiger partial charge in [-0.3, -0.25) is 4.79 Å². The molecule has 1 unspecified atom stereocenters. The molecule has 0 saturated heterocycles. The van der Waals surface area contributed by atoms with E-state index in [2.05, 4.69) is 5.32 Å². The van der Waals surface area contributed by atoms with Crippen LogP contribution in [0.3, 0.4) is 0 Å². The second kappa shape index (κ2) is 7.53. The van der Waals surface area contributed by atoms with E-state index in [1.54, 1.807) is 18.2 Å². The summed E-state index contributed by atoms with van der Waals surface area (Å²) in [6, 6.07) is 5.08. The predicted octanol–water partition coefficient (Wildman–Crippen LogP) is 3.40. The van der Waals surface area contributed by atoms with Gasteiger partial charge in [0.25, 0.3) is 0 Å². The Morgan fingerprint density at radius 2 is 2.18 bits per heavy atom. The number of amides is 1. The first-order valence-electron chi connectivity index (χ1n) is 7.53. The summed E-state index contributed by atoms with van der Waals surface area (Å²) < 4.78 is 5.56. The standard InChI is InChI=1S/C16H22Cl2N2O2/c1-16(10-19,11-4-5-11)20-15(21)3-2-8-22-14-7-6-12(17)9-13(14)18/h6-7,9,11H,2-5,8,10,19H2,1H3,(H,20,21). The summed E-state index contributed by atoms with van der Waals surface area (Å²) in [5.74, 6) is 1.12. The summed E-state index contributed by atoms with van der Waals surface area (Å²) in [5.41, 5.74) is 5.52. The number of halogens is 2. The van der Waals surface area contributed by atoms with Crippen molar-refractivity contribution in [3.63, 3.8) is 0 Å². The first kappa shape index (κ1) is 17.4. The minimum Gasteiger partial charge on any atom is -0.492 e. The van der Waals surface area contributed by atoms with Crippen LogP contribution in [0.25, 0.3) is 0 Å². The van der Waals surface area contributed by atoms with E-state index >= 15 is 0 Å². The predicted molar refractivity (Wildman–Crippen MR) is 89.5 cm³/mol. The van der Waals surface area contributed by atoms with Crippen molar-refractivity contribution in [2.24, 2.45) is 11.7 Å². The van der Waals surface area contributed by atoms with E-state index in [4.69, 9.17) is 33.7 Å². The van der Waals surface area contributed by atoms with Crippen molar-refractivity contribution in [1.29, 1.82) is 0 Å². The molecule has 1 aliphatic rings. The van der Waals surface area contributed by atoms with Crippen LogP contribution in [0.2, 0.25) is 10.0 Å². The van der Waals surface area contributed by atoms with Crippen LogP contribution in [-0.4, -0.2) is 24.6 Å². The Morgan fingerprint density at radius 1 is 1.45 bits per heavy atom. The van der Waals surface area contributed by atoms with Crippen molar-refractivity contribution in [2.45, 2.75) is 38.1 Å². The lowest BCUT2D eigenvalue weighted by Gasteiger charge is -2.29. The van der Waals surface area contributed by atoms with E-state index < -0.39 is 0 Å². The van der Waals surface area contributed by atoms with Crippen LogP contribution >= 0.6 is 23.2 Å². The quantitative estimate of drug-likeness (QED) is 0.710. The topological polar surface area (TPSA) is 64.3 Å².